The van der Waals surface area contributed by atoms with Gasteiger partial charge in [-0.15, -0.1) is 0 Å². The third-order valence-electron chi connectivity index (χ3n) is 11.1. The Balaban J connectivity index is 2.27. The van der Waals surface area contributed by atoms with E-state index in [-0.39, 0.29) is 32.0 Å². The van der Waals surface area contributed by atoms with E-state index in [9.17, 15) is 30.0 Å². The molecule has 0 aliphatic carbocycles. The summed E-state index contributed by atoms with van der Waals surface area (Å²) in [5, 5.41) is 40.0. The number of rotatable bonds is 40. The predicted octanol–water partition coefficient (Wildman–Crippen LogP) is 10.5. The van der Waals surface area contributed by atoms with E-state index in [0.29, 0.717) is 6.42 Å². The fraction of sp³-hybridized carbons (Fsp3) is 0.875. The average molecular weight is 825 g/mol. The molecule has 0 aromatic heterocycles. The summed E-state index contributed by atoms with van der Waals surface area (Å²) in [6, 6.07) is 0. The summed E-state index contributed by atoms with van der Waals surface area (Å²) in [5.41, 5.74) is 0. The van der Waals surface area contributed by atoms with E-state index in [0.717, 1.165) is 44.9 Å². The Hall–Kier alpha value is -1.82. The maximum atomic E-state index is 12.8. The van der Waals surface area contributed by atoms with Gasteiger partial charge < -0.3 is 39.4 Å². The molecule has 0 saturated carbocycles. The van der Waals surface area contributed by atoms with E-state index in [1.165, 1.54) is 135 Å². The van der Waals surface area contributed by atoms with Gasteiger partial charge in [0.05, 0.1) is 13.2 Å². The van der Waals surface area contributed by atoms with Crippen molar-refractivity contribution >= 4 is 11.9 Å². The Morgan fingerprint density at radius 1 is 0.517 bits per heavy atom. The molecule has 0 spiro atoms. The highest BCUT2D eigenvalue weighted by Crippen LogP contribution is 2.23. The molecule has 0 aromatic carbocycles. The van der Waals surface area contributed by atoms with Crippen molar-refractivity contribution in [3.05, 3.63) is 24.3 Å². The van der Waals surface area contributed by atoms with Crippen molar-refractivity contribution in [2.45, 2.75) is 250 Å². The average Bonchev–Trinajstić information content (AvgIpc) is 3.22. The van der Waals surface area contributed by atoms with E-state index >= 15 is 0 Å². The maximum Gasteiger partial charge on any atom is 0.306 e. The zero-order valence-electron chi connectivity index (χ0n) is 37.1. The standard InChI is InChI=1S/C48H88O10/c1-3-5-7-9-11-13-15-16-17-18-19-20-21-22-23-24-25-26-27-29-31-33-35-37-44(51)57-41(40-56-48-47(54)46(53)45(52)42(38-49)58-48)39-55-43(50)36-34-32-30-28-14-12-10-8-6-4-2/h24-25,29,31,41-42,45-49,52-54H,3-23,26-28,30,32-40H2,1-2H3/b25-24+,31-29+/t41-,42-,45+,46?,47?,48-/m1/s1. The highest BCUT2D eigenvalue weighted by Gasteiger charge is 2.44. The summed E-state index contributed by atoms with van der Waals surface area (Å²) in [7, 11) is 0. The Morgan fingerprint density at radius 2 is 0.948 bits per heavy atom. The van der Waals surface area contributed by atoms with Gasteiger partial charge in [0, 0.05) is 12.8 Å². The monoisotopic (exact) mass is 825 g/mol. The Bertz CT molecular complexity index is 1000. The van der Waals surface area contributed by atoms with E-state index in [1.807, 2.05) is 0 Å². The summed E-state index contributed by atoms with van der Waals surface area (Å²) >= 11 is 0. The molecule has 0 bridgehead atoms. The van der Waals surface area contributed by atoms with E-state index in [1.54, 1.807) is 0 Å². The molecule has 10 nitrogen and oxygen atoms in total. The van der Waals surface area contributed by atoms with Crippen LogP contribution >= 0.6 is 0 Å². The summed E-state index contributed by atoms with van der Waals surface area (Å²) in [6.07, 6.45) is 36.4. The molecule has 340 valence electrons. The molecule has 6 atom stereocenters. The summed E-state index contributed by atoms with van der Waals surface area (Å²) in [6.45, 7) is 3.39. The Kier molecular flexibility index (Phi) is 36.7. The van der Waals surface area contributed by atoms with Crippen LogP contribution in [-0.4, -0.2) is 89.0 Å². The minimum absolute atomic E-state index is 0.173. The van der Waals surface area contributed by atoms with Crippen molar-refractivity contribution in [2.24, 2.45) is 0 Å². The van der Waals surface area contributed by atoms with Crippen molar-refractivity contribution in [1.82, 2.24) is 0 Å². The zero-order chi connectivity index (χ0) is 42.3. The number of aliphatic hydroxyl groups excluding tert-OH is 4. The lowest BCUT2D eigenvalue weighted by molar-refractivity contribution is -0.305. The van der Waals surface area contributed by atoms with Crippen LogP contribution in [0.3, 0.4) is 0 Å². The molecule has 0 radical (unpaired) electrons. The van der Waals surface area contributed by atoms with Crippen LogP contribution in [0.25, 0.3) is 0 Å². The molecule has 1 aliphatic rings. The van der Waals surface area contributed by atoms with Gasteiger partial charge in [0.1, 0.15) is 31.0 Å². The molecule has 1 heterocycles. The fourth-order valence-electron chi connectivity index (χ4n) is 7.27. The molecule has 10 heteroatoms. The number of allylic oxidation sites excluding steroid dienone is 4. The Labute approximate surface area is 353 Å². The summed E-state index contributed by atoms with van der Waals surface area (Å²) < 4.78 is 22.1. The van der Waals surface area contributed by atoms with Crippen LogP contribution < -0.4 is 0 Å². The van der Waals surface area contributed by atoms with Gasteiger partial charge in [-0.25, -0.2) is 0 Å². The highest BCUT2D eigenvalue weighted by atomic mass is 16.7. The lowest BCUT2D eigenvalue weighted by Crippen LogP contribution is -2.59. The molecule has 1 saturated heterocycles. The van der Waals surface area contributed by atoms with Gasteiger partial charge in [-0.05, 0) is 44.9 Å². The van der Waals surface area contributed by atoms with Crippen molar-refractivity contribution < 1.29 is 49.0 Å². The molecular weight excluding hydrogens is 737 g/mol. The van der Waals surface area contributed by atoms with Crippen molar-refractivity contribution in [3.63, 3.8) is 0 Å². The first kappa shape index (κ1) is 54.2. The second-order valence-electron chi connectivity index (χ2n) is 16.6. The van der Waals surface area contributed by atoms with Gasteiger partial charge in [-0.3, -0.25) is 9.59 Å². The molecule has 58 heavy (non-hydrogen) atoms. The number of carbonyl (C=O) groups is 2. The van der Waals surface area contributed by atoms with Gasteiger partial charge in [-0.2, -0.15) is 0 Å². The first-order valence-corrected chi connectivity index (χ1v) is 23.9. The minimum atomic E-state index is -1.60. The molecule has 1 rings (SSSR count). The van der Waals surface area contributed by atoms with Crippen molar-refractivity contribution in [2.75, 3.05) is 19.8 Å². The topological polar surface area (TPSA) is 152 Å². The third kappa shape index (κ3) is 30.2. The Morgan fingerprint density at radius 3 is 1.45 bits per heavy atom. The van der Waals surface area contributed by atoms with Crippen LogP contribution in [0.1, 0.15) is 213 Å². The van der Waals surface area contributed by atoms with Crippen molar-refractivity contribution in [1.29, 1.82) is 0 Å². The van der Waals surface area contributed by atoms with Crippen molar-refractivity contribution in [3.8, 4) is 0 Å². The van der Waals surface area contributed by atoms with E-state index in [4.69, 9.17) is 18.9 Å². The summed E-state index contributed by atoms with van der Waals surface area (Å²) in [5.74, 6) is -0.851. The van der Waals surface area contributed by atoms with Crippen LogP contribution in [0.4, 0.5) is 0 Å². The number of hydrogen-bond acceptors (Lipinski definition) is 10. The lowest BCUT2D eigenvalue weighted by atomic mass is 9.99. The van der Waals surface area contributed by atoms with Gasteiger partial charge in [-0.1, -0.05) is 179 Å². The molecule has 2 unspecified atom stereocenters. The first-order valence-electron chi connectivity index (χ1n) is 23.9. The van der Waals surface area contributed by atoms with Gasteiger partial charge in [0.15, 0.2) is 12.4 Å². The van der Waals surface area contributed by atoms with Crippen LogP contribution in [-0.2, 0) is 28.5 Å². The van der Waals surface area contributed by atoms with Gasteiger partial charge >= 0.3 is 11.9 Å². The van der Waals surface area contributed by atoms with Crippen LogP contribution in [0.5, 0.6) is 0 Å². The maximum absolute atomic E-state index is 12.8. The normalized spacial score (nSPS) is 20.3. The van der Waals surface area contributed by atoms with E-state index in [2.05, 4.69) is 38.2 Å². The molecule has 1 aliphatic heterocycles. The number of unbranched alkanes of at least 4 members (excludes halogenated alkanes) is 25. The van der Waals surface area contributed by atoms with Crippen LogP contribution in [0.2, 0.25) is 0 Å². The van der Waals surface area contributed by atoms with Gasteiger partial charge in [0.2, 0.25) is 0 Å². The highest BCUT2D eigenvalue weighted by molar-refractivity contribution is 5.70. The molecule has 0 aromatic rings. The number of carbonyl (C=O) groups excluding carboxylic acids is 2. The largest absolute Gasteiger partial charge is 0.462 e. The second kappa shape index (κ2) is 39.3. The smallest absolute Gasteiger partial charge is 0.306 e. The minimum Gasteiger partial charge on any atom is -0.462 e. The number of ether oxygens (including phenoxy) is 4. The fourth-order valence-corrected chi connectivity index (χ4v) is 7.27. The summed E-state index contributed by atoms with van der Waals surface area (Å²) in [4.78, 5) is 25.3. The van der Waals surface area contributed by atoms with Crippen LogP contribution in [0.15, 0.2) is 24.3 Å². The molecule has 0 amide bonds. The third-order valence-corrected chi connectivity index (χ3v) is 11.1. The quantitative estimate of drug-likeness (QED) is 0.0267. The number of aliphatic hydroxyl groups is 4. The molecule has 1 fully saturated rings. The second-order valence-corrected chi connectivity index (χ2v) is 16.6. The SMILES string of the molecule is CCCCCCCCCCCCCCCC/C=C/CC/C=C/CCCC(=O)O[C@H](COC(=O)CCCCCCCCCCCC)CO[C@@H]1O[C@H](CO)[C@H](O)C(O)C1O. The number of hydrogen-bond donors (Lipinski definition) is 4. The van der Waals surface area contributed by atoms with E-state index < -0.39 is 49.4 Å². The lowest BCUT2D eigenvalue weighted by Gasteiger charge is -2.39. The number of esters is 2. The van der Waals surface area contributed by atoms with Gasteiger partial charge in [0.25, 0.3) is 0 Å². The first-order chi connectivity index (χ1) is 28.3. The predicted molar refractivity (Wildman–Crippen MR) is 233 cm³/mol. The zero-order valence-corrected chi connectivity index (χ0v) is 37.1. The van der Waals surface area contributed by atoms with Crippen LogP contribution in [0, 0.1) is 0 Å². The molecule has 4 N–H and O–H groups in total. The molecular formula is C48H88O10.